The highest BCUT2D eigenvalue weighted by atomic mass is 16.5. The molecule has 28 heavy (non-hydrogen) atoms. The van der Waals surface area contributed by atoms with Crippen molar-refractivity contribution in [3.63, 3.8) is 0 Å². The number of hydrogen-bond acceptors (Lipinski definition) is 3. The van der Waals surface area contributed by atoms with Crippen LogP contribution >= 0.6 is 0 Å². The Morgan fingerprint density at radius 1 is 0.786 bits per heavy atom. The van der Waals surface area contributed by atoms with E-state index in [2.05, 4.69) is 18.2 Å². The van der Waals surface area contributed by atoms with Crippen LogP contribution in [-0.4, -0.2) is 23.5 Å². The molecule has 3 heteroatoms. The van der Waals surface area contributed by atoms with Gasteiger partial charge in [-0.15, -0.1) is 0 Å². The van der Waals surface area contributed by atoms with Crippen molar-refractivity contribution in [1.29, 1.82) is 0 Å². The molecule has 152 valence electrons. The van der Waals surface area contributed by atoms with Crippen molar-refractivity contribution in [2.45, 2.75) is 95.4 Å². The van der Waals surface area contributed by atoms with E-state index in [0.717, 1.165) is 36.0 Å². The zero-order valence-electron chi connectivity index (χ0n) is 17.3. The summed E-state index contributed by atoms with van der Waals surface area (Å²) in [6, 6.07) is 6.97. The molecule has 0 bridgehead atoms. The number of aliphatic imine (C=N–C) groups is 1. The van der Waals surface area contributed by atoms with Gasteiger partial charge in [0.2, 0.25) is 5.90 Å². The second kappa shape index (κ2) is 8.55. The average molecular weight is 381 g/mol. The number of rotatable bonds is 5. The third-order valence-electron chi connectivity index (χ3n) is 8.01. The molecule has 1 atom stereocenters. The maximum Gasteiger partial charge on any atom is 0.235 e. The number of ether oxygens (including phenoxy) is 1. The highest BCUT2D eigenvalue weighted by Crippen LogP contribution is 2.46. The van der Waals surface area contributed by atoms with E-state index in [1.165, 1.54) is 89.2 Å². The number of hydrogen-bond donors (Lipinski definition) is 0. The van der Waals surface area contributed by atoms with E-state index in [1.807, 2.05) is 0 Å². The quantitative estimate of drug-likeness (QED) is 0.603. The summed E-state index contributed by atoms with van der Waals surface area (Å²) in [4.78, 5) is 10.2. The molecule has 1 aromatic rings. The predicted octanol–water partition coefficient (Wildman–Crippen LogP) is 6.27. The van der Waals surface area contributed by atoms with Gasteiger partial charge < -0.3 is 4.74 Å². The maximum atomic E-state index is 6.08. The summed E-state index contributed by atoms with van der Waals surface area (Å²) in [6.07, 6.45) is 18.0. The minimum Gasteiger partial charge on any atom is -0.474 e. The third kappa shape index (κ3) is 3.86. The van der Waals surface area contributed by atoms with Gasteiger partial charge in [0, 0.05) is 11.6 Å². The van der Waals surface area contributed by atoms with Crippen LogP contribution in [-0.2, 0) is 4.74 Å². The molecule has 0 N–H and O–H groups in total. The number of aromatic nitrogens is 1. The first-order valence-electron chi connectivity index (χ1n) is 12.1. The van der Waals surface area contributed by atoms with E-state index >= 15 is 0 Å². The first-order chi connectivity index (χ1) is 13.9. The van der Waals surface area contributed by atoms with Gasteiger partial charge in [0.1, 0.15) is 12.3 Å². The fraction of sp³-hybridized carbons (Fsp3) is 0.760. The fourth-order valence-electron chi connectivity index (χ4n) is 6.55. The topological polar surface area (TPSA) is 34.5 Å². The second-order valence-electron chi connectivity index (χ2n) is 9.77. The molecule has 3 fully saturated rings. The molecular weight excluding hydrogens is 344 g/mol. The minimum atomic E-state index is 0.362. The normalized spacial score (nSPS) is 27.5. The minimum absolute atomic E-state index is 0.362. The molecule has 0 radical (unpaired) electrons. The van der Waals surface area contributed by atoms with Crippen LogP contribution in [0, 0.1) is 17.8 Å². The molecular formula is C25H36N2O. The van der Waals surface area contributed by atoms with E-state index in [-0.39, 0.29) is 0 Å². The summed E-state index contributed by atoms with van der Waals surface area (Å²) < 4.78 is 6.08. The Labute approximate surface area is 170 Å². The summed E-state index contributed by atoms with van der Waals surface area (Å²) in [5.74, 6) is 3.87. The van der Waals surface area contributed by atoms with E-state index in [9.17, 15) is 0 Å². The largest absolute Gasteiger partial charge is 0.474 e. The molecule has 0 spiro atoms. The first-order valence-corrected chi connectivity index (χ1v) is 12.1. The second-order valence-corrected chi connectivity index (χ2v) is 9.77. The third-order valence-corrected chi connectivity index (χ3v) is 8.01. The zero-order chi connectivity index (χ0) is 18.8. The lowest BCUT2D eigenvalue weighted by Gasteiger charge is -2.29. The van der Waals surface area contributed by atoms with E-state index in [1.54, 1.807) is 0 Å². The van der Waals surface area contributed by atoms with Crippen molar-refractivity contribution in [1.82, 2.24) is 4.98 Å². The van der Waals surface area contributed by atoms with Crippen molar-refractivity contribution in [3.8, 4) is 0 Å². The lowest BCUT2D eigenvalue weighted by molar-refractivity contribution is 0.240. The SMILES string of the molecule is c1cc(C2=N[C@@H](C3CCCCC3)CO2)nc(C(C2CCCC2)C2CCCC2)c1. The molecule has 0 aromatic carbocycles. The lowest BCUT2D eigenvalue weighted by Crippen LogP contribution is -2.22. The van der Waals surface area contributed by atoms with Gasteiger partial charge in [0.05, 0.1) is 6.04 Å². The van der Waals surface area contributed by atoms with Crippen molar-refractivity contribution >= 4 is 5.90 Å². The molecule has 0 unspecified atom stereocenters. The van der Waals surface area contributed by atoms with Crippen molar-refractivity contribution in [3.05, 3.63) is 29.6 Å². The van der Waals surface area contributed by atoms with Crippen LogP contribution in [0.25, 0.3) is 0 Å². The molecule has 1 aromatic heterocycles. The average Bonchev–Trinajstić information content (AvgIpc) is 3.52. The van der Waals surface area contributed by atoms with Crippen LogP contribution in [0.2, 0.25) is 0 Å². The van der Waals surface area contributed by atoms with Gasteiger partial charge in [-0.3, -0.25) is 0 Å². The van der Waals surface area contributed by atoms with Gasteiger partial charge >= 0.3 is 0 Å². The molecule has 3 aliphatic carbocycles. The van der Waals surface area contributed by atoms with Crippen LogP contribution in [0.5, 0.6) is 0 Å². The summed E-state index contributed by atoms with van der Waals surface area (Å²) in [7, 11) is 0. The van der Waals surface area contributed by atoms with Crippen molar-refractivity contribution in [2.75, 3.05) is 6.61 Å². The molecule has 4 aliphatic rings. The van der Waals surface area contributed by atoms with E-state index in [0.29, 0.717) is 12.0 Å². The van der Waals surface area contributed by atoms with Crippen LogP contribution in [0.1, 0.15) is 101 Å². The van der Waals surface area contributed by atoms with Crippen molar-refractivity contribution in [2.24, 2.45) is 22.7 Å². The molecule has 3 saturated carbocycles. The molecule has 2 heterocycles. The Hall–Kier alpha value is -1.38. The van der Waals surface area contributed by atoms with Gasteiger partial charge in [-0.1, -0.05) is 51.0 Å². The predicted molar refractivity (Wildman–Crippen MR) is 114 cm³/mol. The highest BCUT2D eigenvalue weighted by molar-refractivity contribution is 5.93. The Kier molecular flexibility index (Phi) is 5.69. The van der Waals surface area contributed by atoms with Gasteiger partial charge in [0.15, 0.2) is 0 Å². The monoisotopic (exact) mass is 380 g/mol. The molecule has 0 amide bonds. The summed E-state index contributed by atoms with van der Waals surface area (Å²) >= 11 is 0. The zero-order valence-corrected chi connectivity index (χ0v) is 17.3. The lowest BCUT2D eigenvalue weighted by atomic mass is 9.77. The van der Waals surface area contributed by atoms with E-state index < -0.39 is 0 Å². The molecule has 3 nitrogen and oxygen atoms in total. The molecule has 5 rings (SSSR count). The highest BCUT2D eigenvalue weighted by Gasteiger charge is 2.36. The summed E-state index contributed by atoms with van der Waals surface area (Å²) in [5, 5.41) is 0. The standard InChI is InChI=1S/C25H36N2O/c1-2-9-18(10-3-1)23-17-28-25(27-23)22-16-8-15-21(26-22)24(19-11-4-5-12-19)20-13-6-7-14-20/h8,15-16,18-20,23-24H,1-7,9-14,17H2/t23-/m1/s1. The summed E-state index contributed by atoms with van der Waals surface area (Å²) in [6.45, 7) is 0.764. The Balaban J connectivity index is 1.37. The summed E-state index contributed by atoms with van der Waals surface area (Å²) in [5.41, 5.74) is 2.31. The number of pyridine rings is 1. The molecule has 0 saturated heterocycles. The Bertz CT molecular complexity index is 666. The van der Waals surface area contributed by atoms with Gasteiger partial charge in [-0.05, 0) is 68.4 Å². The van der Waals surface area contributed by atoms with Crippen LogP contribution in [0.3, 0.4) is 0 Å². The Morgan fingerprint density at radius 2 is 1.43 bits per heavy atom. The van der Waals surface area contributed by atoms with Crippen LogP contribution in [0.15, 0.2) is 23.2 Å². The number of nitrogens with zero attached hydrogens (tertiary/aromatic N) is 2. The van der Waals surface area contributed by atoms with Crippen LogP contribution in [0.4, 0.5) is 0 Å². The van der Waals surface area contributed by atoms with E-state index in [4.69, 9.17) is 14.7 Å². The first kappa shape index (κ1) is 18.6. The molecule has 1 aliphatic heterocycles. The Morgan fingerprint density at radius 3 is 2.11 bits per heavy atom. The van der Waals surface area contributed by atoms with Gasteiger partial charge in [0.25, 0.3) is 0 Å². The van der Waals surface area contributed by atoms with Gasteiger partial charge in [-0.25, -0.2) is 9.98 Å². The fourth-order valence-corrected chi connectivity index (χ4v) is 6.55. The van der Waals surface area contributed by atoms with Crippen molar-refractivity contribution < 1.29 is 4.74 Å². The van der Waals surface area contributed by atoms with Crippen LogP contribution < -0.4 is 0 Å². The van der Waals surface area contributed by atoms with Gasteiger partial charge in [-0.2, -0.15) is 0 Å². The smallest absolute Gasteiger partial charge is 0.235 e. The maximum absolute atomic E-state index is 6.08.